The van der Waals surface area contributed by atoms with Crippen molar-refractivity contribution >= 4 is 22.4 Å². The predicted octanol–water partition coefficient (Wildman–Crippen LogP) is 2.94. The van der Waals surface area contributed by atoms with Crippen molar-refractivity contribution < 1.29 is 4.79 Å². The van der Waals surface area contributed by atoms with E-state index in [-0.39, 0.29) is 11.9 Å². The minimum Gasteiger partial charge on any atom is -0.347 e. The number of amides is 1. The smallest absolute Gasteiger partial charge is 0.251 e. The Bertz CT molecular complexity index is 796. The molecule has 0 spiro atoms. The van der Waals surface area contributed by atoms with Gasteiger partial charge >= 0.3 is 0 Å². The lowest BCUT2D eigenvalue weighted by atomic mass is 10.1. The van der Waals surface area contributed by atoms with E-state index in [9.17, 15) is 4.79 Å². The third-order valence-corrected chi connectivity index (χ3v) is 5.08. The Hall–Kier alpha value is -2.60. The molecule has 1 amide bonds. The summed E-state index contributed by atoms with van der Waals surface area (Å²) in [6, 6.07) is 11.8. The largest absolute Gasteiger partial charge is 0.347 e. The zero-order chi connectivity index (χ0) is 16.4. The summed E-state index contributed by atoms with van der Waals surface area (Å²) in [4.78, 5) is 19.0. The Kier molecular flexibility index (Phi) is 4.04. The molecule has 4 rings (SSSR count). The van der Waals surface area contributed by atoms with Gasteiger partial charge in [0.1, 0.15) is 0 Å². The molecule has 3 heterocycles. The van der Waals surface area contributed by atoms with Gasteiger partial charge in [-0.15, -0.1) is 11.3 Å². The number of nitrogens with zero attached hydrogens (tertiary/aromatic N) is 3. The minimum absolute atomic E-state index is 0.0138. The van der Waals surface area contributed by atoms with E-state index in [0.29, 0.717) is 5.56 Å². The number of carbonyl (C=O) groups excluding carboxylic acids is 1. The van der Waals surface area contributed by atoms with Gasteiger partial charge in [-0.1, -0.05) is 0 Å². The first-order valence-electron chi connectivity index (χ1n) is 7.98. The first-order chi connectivity index (χ1) is 11.8. The molecule has 1 aromatic carbocycles. The second kappa shape index (κ2) is 6.49. The van der Waals surface area contributed by atoms with Gasteiger partial charge in [-0.05, 0) is 42.8 Å². The lowest BCUT2D eigenvalue weighted by Gasteiger charge is -2.16. The molecule has 122 valence electrons. The summed E-state index contributed by atoms with van der Waals surface area (Å²) in [6.07, 6.45) is 6.74. The summed E-state index contributed by atoms with van der Waals surface area (Å²) in [7, 11) is 0. The zero-order valence-electron chi connectivity index (χ0n) is 13.1. The number of hydrogen-bond acceptors (Lipinski definition) is 4. The molecular formula is C18H18N4OS. The molecule has 1 aliphatic rings. The van der Waals surface area contributed by atoms with E-state index in [4.69, 9.17) is 0 Å². The zero-order valence-corrected chi connectivity index (χ0v) is 13.9. The summed E-state index contributed by atoms with van der Waals surface area (Å²) in [5.41, 5.74) is 1.74. The molecule has 3 aromatic rings. The summed E-state index contributed by atoms with van der Waals surface area (Å²) in [5, 5.41) is 6.14. The first-order valence-corrected chi connectivity index (χ1v) is 8.86. The van der Waals surface area contributed by atoms with Gasteiger partial charge < -0.3 is 14.8 Å². The highest BCUT2D eigenvalue weighted by molar-refractivity contribution is 7.13. The van der Waals surface area contributed by atoms with Gasteiger partial charge in [0.15, 0.2) is 5.13 Å². The second-order valence-corrected chi connectivity index (χ2v) is 6.73. The van der Waals surface area contributed by atoms with Crippen LogP contribution in [0.1, 0.15) is 16.8 Å². The molecule has 0 aliphatic carbocycles. The van der Waals surface area contributed by atoms with Crippen molar-refractivity contribution in [2.45, 2.75) is 12.5 Å². The fourth-order valence-corrected chi connectivity index (χ4v) is 3.66. The molecular weight excluding hydrogens is 320 g/mol. The highest BCUT2D eigenvalue weighted by Crippen LogP contribution is 2.22. The van der Waals surface area contributed by atoms with Crippen LogP contribution in [0.2, 0.25) is 0 Å². The third kappa shape index (κ3) is 3.05. The molecule has 1 aliphatic heterocycles. The van der Waals surface area contributed by atoms with Crippen molar-refractivity contribution in [2.75, 3.05) is 18.0 Å². The van der Waals surface area contributed by atoms with Crippen LogP contribution in [0.3, 0.4) is 0 Å². The average Bonchev–Trinajstić information content (AvgIpc) is 3.36. The monoisotopic (exact) mass is 338 g/mol. The van der Waals surface area contributed by atoms with Crippen LogP contribution >= 0.6 is 11.3 Å². The number of anilines is 1. The number of carbonyl (C=O) groups is 1. The quantitative estimate of drug-likeness (QED) is 0.796. The molecule has 5 nitrogen and oxygen atoms in total. The lowest BCUT2D eigenvalue weighted by molar-refractivity contribution is 0.0940. The standard InChI is InChI=1S/C18H18N4OS/c23-17(14-3-5-16(6-4-14)21-9-1-2-10-21)20-15-7-11-22(13-15)18-19-8-12-24-18/h1-6,8-10,12,15H,7,11,13H2,(H,20,23). The summed E-state index contributed by atoms with van der Waals surface area (Å²) < 4.78 is 2.02. The third-order valence-electron chi connectivity index (χ3n) is 4.25. The molecule has 1 atom stereocenters. The molecule has 1 saturated heterocycles. The van der Waals surface area contributed by atoms with Crippen molar-refractivity contribution in [1.82, 2.24) is 14.9 Å². The van der Waals surface area contributed by atoms with Gasteiger partial charge in [0.05, 0.1) is 0 Å². The molecule has 0 saturated carbocycles. The normalized spacial score (nSPS) is 17.2. The first kappa shape index (κ1) is 15.0. The van der Waals surface area contributed by atoms with Crippen LogP contribution in [0, 0.1) is 0 Å². The van der Waals surface area contributed by atoms with Gasteiger partial charge in [-0.3, -0.25) is 4.79 Å². The highest BCUT2D eigenvalue weighted by atomic mass is 32.1. The summed E-state index contributed by atoms with van der Waals surface area (Å²) in [5.74, 6) is -0.0138. The van der Waals surface area contributed by atoms with Crippen LogP contribution in [-0.2, 0) is 0 Å². The van der Waals surface area contributed by atoms with Gasteiger partial charge in [0.25, 0.3) is 5.91 Å². The molecule has 1 fully saturated rings. The Labute approximate surface area is 144 Å². The van der Waals surface area contributed by atoms with E-state index in [0.717, 1.165) is 30.3 Å². The fraction of sp³-hybridized carbons (Fsp3) is 0.222. The Morgan fingerprint density at radius 3 is 2.71 bits per heavy atom. The number of rotatable bonds is 4. The molecule has 1 N–H and O–H groups in total. The van der Waals surface area contributed by atoms with Crippen LogP contribution in [0.4, 0.5) is 5.13 Å². The van der Waals surface area contributed by atoms with E-state index in [1.165, 1.54) is 0 Å². The Morgan fingerprint density at radius 1 is 1.21 bits per heavy atom. The van der Waals surface area contributed by atoms with Crippen molar-refractivity contribution in [3.05, 3.63) is 65.9 Å². The van der Waals surface area contributed by atoms with Crippen LogP contribution in [0.25, 0.3) is 5.69 Å². The van der Waals surface area contributed by atoms with Gasteiger partial charge in [0.2, 0.25) is 0 Å². The van der Waals surface area contributed by atoms with Crippen molar-refractivity contribution in [2.24, 2.45) is 0 Å². The Morgan fingerprint density at radius 2 is 2.00 bits per heavy atom. The second-order valence-electron chi connectivity index (χ2n) is 5.86. The number of aromatic nitrogens is 2. The summed E-state index contributed by atoms with van der Waals surface area (Å²) in [6.45, 7) is 1.76. The van der Waals surface area contributed by atoms with E-state index in [1.807, 2.05) is 64.9 Å². The van der Waals surface area contributed by atoms with Crippen LogP contribution < -0.4 is 10.2 Å². The average molecular weight is 338 g/mol. The van der Waals surface area contributed by atoms with Crippen LogP contribution in [0.5, 0.6) is 0 Å². The van der Waals surface area contributed by atoms with E-state index in [2.05, 4.69) is 15.2 Å². The number of benzene rings is 1. The molecule has 6 heteroatoms. The van der Waals surface area contributed by atoms with Crippen molar-refractivity contribution in [3.8, 4) is 5.69 Å². The van der Waals surface area contributed by atoms with Gasteiger partial charge in [-0.25, -0.2) is 4.98 Å². The number of thiazole rings is 1. The molecule has 1 unspecified atom stereocenters. The maximum atomic E-state index is 12.4. The predicted molar refractivity (Wildman–Crippen MR) is 96.0 cm³/mol. The van der Waals surface area contributed by atoms with Gasteiger partial charge in [-0.2, -0.15) is 0 Å². The van der Waals surface area contributed by atoms with Crippen LogP contribution in [-0.4, -0.2) is 34.6 Å². The molecule has 2 aromatic heterocycles. The fourth-order valence-electron chi connectivity index (χ4n) is 2.98. The molecule has 24 heavy (non-hydrogen) atoms. The maximum absolute atomic E-state index is 12.4. The SMILES string of the molecule is O=C(NC1CCN(c2nccs2)C1)c1ccc(-n2cccc2)cc1. The topological polar surface area (TPSA) is 50.2 Å². The molecule has 0 radical (unpaired) electrons. The lowest BCUT2D eigenvalue weighted by Crippen LogP contribution is -2.37. The summed E-state index contributed by atoms with van der Waals surface area (Å²) >= 11 is 1.64. The van der Waals surface area contributed by atoms with Crippen LogP contribution in [0.15, 0.2) is 60.4 Å². The van der Waals surface area contributed by atoms with E-state index < -0.39 is 0 Å². The number of hydrogen-bond donors (Lipinski definition) is 1. The van der Waals surface area contributed by atoms with E-state index >= 15 is 0 Å². The number of nitrogens with one attached hydrogen (secondary N) is 1. The van der Waals surface area contributed by atoms with E-state index in [1.54, 1.807) is 11.3 Å². The Balaban J connectivity index is 1.38. The highest BCUT2D eigenvalue weighted by Gasteiger charge is 2.25. The maximum Gasteiger partial charge on any atom is 0.251 e. The molecule has 0 bridgehead atoms. The minimum atomic E-state index is -0.0138. The van der Waals surface area contributed by atoms with Crippen molar-refractivity contribution in [1.29, 1.82) is 0 Å². The van der Waals surface area contributed by atoms with Crippen molar-refractivity contribution in [3.63, 3.8) is 0 Å². The van der Waals surface area contributed by atoms with Gasteiger partial charge in [0, 0.05) is 54.4 Å².